The van der Waals surface area contributed by atoms with E-state index < -0.39 is 0 Å². The molecule has 0 spiro atoms. The van der Waals surface area contributed by atoms with Crippen molar-refractivity contribution in [2.45, 2.75) is 13.8 Å². The van der Waals surface area contributed by atoms with Crippen LogP contribution in [0.2, 0.25) is 0 Å². The highest BCUT2D eigenvalue weighted by atomic mass is 16.5. The van der Waals surface area contributed by atoms with E-state index in [0.717, 1.165) is 16.9 Å². The normalized spacial score (nSPS) is 11.2. The second-order valence-electron chi connectivity index (χ2n) is 7.10. The third kappa shape index (κ3) is 4.25. The molecule has 1 amide bonds. The molecule has 0 bridgehead atoms. The van der Waals surface area contributed by atoms with Gasteiger partial charge in [-0.25, -0.2) is 4.98 Å². The molecule has 150 valence electrons. The number of methoxy groups -OCH3 is 1. The molecule has 5 heteroatoms. The van der Waals surface area contributed by atoms with Crippen molar-refractivity contribution < 1.29 is 13.9 Å². The molecule has 0 atom stereocenters. The summed E-state index contributed by atoms with van der Waals surface area (Å²) in [5.41, 5.74) is 6.29. The molecule has 30 heavy (non-hydrogen) atoms. The monoisotopic (exact) mass is 398 g/mol. The number of hydrogen-bond donors (Lipinski definition) is 1. The number of ether oxygens (including phenoxy) is 1. The van der Waals surface area contributed by atoms with Gasteiger partial charge in [0.2, 0.25) is 11.8 Å². The maximum atomic E-state index is 12.3. The number of fused-ring (bicyclic) bond motifs is 1. The summed E-state index contributed by atoms with van der Waals surface area (Å²) in [6.45, 7) is 4.14. The van der Waals surface area contributed by atoms with E-state index >= 15 is 0 Å². The van der Waals surface area contributed by atoms with Gasteiger partial charge >= 0.3 is 0 Å². The van der Waals surface area contributed by atoms with Crippen LogP contribution in [-0.4, -0.2) is 18.0 Å². The number of rotatable bonds is 5. The first-order valence-electron chi connectivity index (χ1n) is 9.63. The van der Waals surface area contributed by atoms with Gasteiger partial charge < -0.3 is 14.5 Å². The molecule has 4 aromatic rings. The topological polar surface area (TPSA) is 64.4 Å². The highest BCUT2D eigenvalue weighted by Crippen LogP contribution is 2.27. The molecule has 1 aromatic heterocycles. The van der Waals surface area contributed by atoms with Crippen molar-refractivity contribution in [1.82, 2.24) is 4.98 Å². The molecular formula is C25H22N2O3. The Hall–Kier alpha value is -3.86. The first kappa shape index (κ1) is 19.5. The zero-order valence-corrected chi connectivity index (χ0v) is 17.1. The van der Waals surface area contributed by atoms with Gasteiger partial charge in [0, 0.05) is 17.3 Å². The number of aryl methyl sites for hydroxylation is 2. The summed E-state index contributed by atoms with van der Waals surface area (Å²) in [5.74, 6) is 1.12. The maximum absolute atomic E-state index is 12.3. The van der Waals surface area contributed by atoms with Crippen LogP contribution >= 0.6 is 0 Å². The Morgan fingerprint density at radius 1 is 1.00 bits per heavy atom. The molecule has 0 aliphatic heterocycles. The quantitative estimate of drug-likeness (QED) is 0.433. The number of nitrogens with one attached hydrogen (secondary N) is 1. The van der Waals surface area contributed by atoms with Gasteiger partial charge in [0.25, 0.3) is 0 Å². The summed E-state index contributed by atoms with van der Waals surface area (Å²) in [6.07, 6.45) is 3.25. The van der Waals surface area contributed by atoms with Crippen LogP contribution < -0.4 is 10.1 Å². The third-order valence-corrected chi connectivity index (χ3v) is 4.95. The number of carbonyl (C=O) groups is 1. The SMILES string of the molecule is COc1ccc(C=CC(=O)Nc2ccc3oc(-c4ccc(C)c(C)c4)nc3c2)cc1. The number of carbonyl (C=O) groups excluding carboxylic acids is 1. The van der Waals surface area contributed by atoms with Crippen LogP contribution in [0.25, 0.3) is 28.6 Å². The number of oxazole rings is 1. The van der Waals surface area contributed by atoms with Crippen molar-refractivity contribution in [3.63, 3.8) is 0 Å². The van der Waals surface area contributed by atoms with E-state index in [1.165, 1.54) is 17.2 Å². The number of aromatic nitrogens is 1. The van der Waals surface area contributed by atoms with E-state index in [4.69, 9.17) is 9.15 Å². The third-order valence-electron chi connectivity index (χ3n) is 4.95. The number of hydrogen-bond acceptors (Lipinski definition) is 4. The zero-order chi connectivity index (χ0) is 21.1. The number of nitrogens with zero attached hydrogens (tertiary/aromatic N) is 1. The van der Waals surface area contributed by atoms with E-state index in [2.05, 4.69) is 36.3 Å². The lowest BCUT2D eigenvalue weighted by molar-refractivity contribution is -0.111. The Morgan fingerprint density at radius 3 is 2.53 bits per heavy atom. The minimum atomic E-state index is -0.219. The molecule has 0 unspecified atom stereocenters. The molecule has 0 saturated heterocycles. The van der Waals surface area contributed by atoms with Crippen LogP contribution in [0.4, 0.5) is 5.69 Å². The van der Waals surface area contributed by atoms with Crippen molar-refractivity contribution in [2.24, 2.45) is 0 Å². The average Bonchev–Trinajstić information content (AvgIpc) is 3.18. The van der Waals surface area contributed by atoms with Gasteiger partial charge in [0.05, 0.1) is 7.11 Å². The number of anilines is 1. The Balaban J connectivity index is 1.49. The Kier molecular flexibility index (Phi) is 5.35. The van der Waals surface area contributed by atoms with Gasteiger partial charge in [-0.05, 0) is 79.1 Å². The first-order valence-corrected chi connectivity index (χ1v) is 9.63. The lowest BCUT2D eigenvalue weighted by Gasteiger charge is -2.02. The van der Waals surface area contributed by atoms with Gasteiger partial charge in [0.1, 0.15) is 11.3 Å². The molecule has 0 saturated carbocycles. The standard InChI is InChI=1S/C25H22N2O3/c1-16-4-8-19(14-17(16)2)25-27-22-15-20(9-12-23(22)30-25)26-24(28)13-7-18-5-10-21(29-3)11-6-18/h4-15H,1-3H3,(H,26,28). The second-order valence-corrected chi connectivity index (χ2v) is 7.10. The van der Waals surface area contributed by atoms with Crippen LogP contribution in [0.5, 0.6) is 5.75 Å². The molecule has 5 nitrogen and oxygen atoms in total. The van der Waals surface area contributed by atoms with Crippen molar-refractivity contribution >= 4 is 28.8 Å². The second kappa shape index (κ2) is 8.25. The highest BCUT2D eigenvalue weighted by Gasteiger charge is 2.10. The average molecular weight is 398 g/mol. The predicted molar refractivity (Wildman–Crippen MR) is 120 cm³/mol. The smallest absolute Gasteiger partial charge is 0.248 e. The fourth-order valence-electron chi connectivity index (χ4n) is 3.07. The predicted octanol–water partition coefficient (Wildman–Crippen LogP) is 5.77. The first-order chi connectivity index (χ1) is 14.5. The van der Waals surface area contributed by atoms with Crippen molar-refractivity contribution in [1.29, 1.82) is 0 Å². The summed E-state index contributed by atoms with van der Waals surface area (Å²) in [5, 5.41) is 2.86. The van der Waals surface area contributed by atoms with Gasteiger partial charge in [-0.1, -0.05) is 18.2 Å². The van der Waals surface area contributed by atoms with E-state index in [1.807, 2.05) is 42.5 Å². The molecule has 0 aliphatic carbocycles. The van der Waals surface area contributed by atoms with E-state index in [0.29, 0.717) is 22.7 Å². The van der Waals surface area contributed by atoms with Crippen LogP contribution in [0.3, 0.4) is 0 Å². The van der Waals surface area contributed by atoms with Crippen LogP contribution in [0.1, 0.15) is 16.7 Å². The van der Waals surface area contributed by atoms with Crippen molar-refractivity contribution in [3.8, 4) is 17.2 Å². The molecule has 3 aromatic carbocycles. The van der Waals surface area contributed by atoms with E-state index in [1.54, 1.807) is 19.3 Å². The molecule has 0 radical (unpaired) electrons. The van der Waals surface area contributed by atoms with E-state index in [9.17, 15) is 4.79 Å². The van der Waals surface area contributed by atoms with Crippen molar-refractivity contribution in [3.05, 3.63) is 83.4 Å². The number of amides is 1. The Bertz CT molecular complexity index is 1240. The molecule has 1 N–H and O–H groups in total. The fourth-order valence-corrected chi connectivity index (χ4v) is 3.07. The van der Waals surface area contributed by atoms with Gasteiger partial charge in [-0.15, -0.1) is 0 Å². The minimum absolute atomic E-state index is 0.219. The van der Waals surface area contributed by atoms with Gasteiger partial charge in [0.15, 0.2) is 5.58 Å². The van der Waals surface area contributed by atoms with Crippen LogP contribution in [0.15, 0.2) is 71.2 Å². The largest absolute Gasteiger partial charge is 0.497 e. The van der Waals surface area contributed by atoms with Crippen LogP contribution in [0, 0.1) is 13.8 Å². The lowest BCUT2D eigenvalue weighted by Crippen LogP contribution is -2.07. The van der Waals surface area contributed by atoms with Crippen molar-refractivity contribution in [2.75, 3.05) is 12.4 Å². The highest BCUT2D eigenvalue weighted by molar-refractivity contribution is 6.02. The molecule has 0 fully saturated rings. The van der Waals surface area contributed by atoms with Gasteiger partial charge in [-0.3, -0.25) is 4.79 Å². The lowest BCUT2D eigenvalue weighted by atomic mass is 10.1. The fraction of sp³-hybridized carbons (Fsp3) is 0.120. The van der Waals surface area contributed by atoms with Crippen LogP contribution in [-0.2, 0) is 4.79 Å². The Labute approximate surface area is 175 Å². The Morgan fingerprint density at radius 2 is 1.80 bits per heavy atom. The van der Waals surface area contributed by atoms with E-state index in [-0.39, 0.29) is 5.91 Å². The zero-order valence-electron chi connectivity index (χ0n) is 17.1. The summed E-state index contributed by atoms with van der Waals surface area (Å²) in [7, 11) is 1.62. The summed E-state index contributed by atoms with van der Waals surface area (Å²) < 4.78 is 11.0. The molecule has 4 rings (SSSR count). The van der Waals surface area contributed by atoms with Gasteiger partial charge in [-0.2, -0.15) is 0 Å². The maximum Gasteiger partial charge on any atom is 0.248 e. The molecule has 1 heterocycles. The summed E-state index contributed by atoms with van der Waals surface area (Å²) in [4.78, 5) is 16.9. The number of benzene rings is 3. The molecule has 0 aliphatic rings. The summed E-state index contributed by atoms with van der Waals surface area (Å²) >= 11 is 0. The minimum Gasteiger partial charge on any atom is -0.497 e. The summed E-state index contributed by atoms with van der Waals surface area (Å²) in [6, 6.07) is 19.0. The molecular weight excluding hydrogens is 376 g/mol.